The molecule has 1 heterocycles. The summed E-state index contributed by atoms with van der Waals surface area (Å²) in [4.78, 5) is 27.7. The smallest absolute Gasteiger partial charge is 0.235 e. The van der Waals surface area contributed by atoms with E-state index in [1.165, 1.54) is 0 Å². The molecule has 0 radical (unpaired) electrons. The number of hydrogen-bond donors (Lipinski definition) is 1. The van der Waals surface area contributed by atoms with Crippen LogP contribution in [-0.2, 0) is 9.59 Å². The maximum absolute atomic E-state index is 12.6. The van der Waals surface area contributed by atoms with Crippen LogP contribution in [0.5, 0.6) is 0 Å². The van der Waals surface area contributed by atoms with Crippen molar-refractivity contribution in [2.75, 3.05) is 13.1 Å². The predicted molar refractivity (Wildman–Crippen MR) is 102 cm³/mol. The van der Waals surface area contributed by atoms with Crippen LogP contribution < -0.4 is 5.32 Å². The van der Waals surface area contributed by atoms with Crippen molar-refractivity contribution < 1.29 is 9.59 Å². The van der Waals surface area contributed by atoms with E-state index in [2.05, 4.69) is 21.2 Å². The molecule has 1 aliphatic rings. The number of amides is 2. The van der Waals surface area contributed by atoms with E-state index in [4.69, 9.17) is 0 Å². The topological polar surface area (TPSA) is 49.4 Å². The Kier molecular flexibility index (Phi) is 7.16. The Balaban J connectivity index is 1.83. The highest BCUT2D eigenvalue weighted by Gasteiger charge is 2.29. The highest BCUT2D eigenvalue weighted by molar-refractivity contribution is 9.10. The lowest BCUT2D eigenvalue weighted by Crippen LogP contribution is -2.46. The molecule has 0 bridgehead atoms. The monoisotopic (exact) mass is 412 g/mol. The van der Waals surface area contributed by atoms with Crippen LogP contribution in [-0.4, -0.2) is 41.1 Å². The van der Waals surface area contributed by atoms with Gasteiger partial charge in [0.05, 0.1) is 5.25 Å². The molecule has 1 fully saturated rings. The van der Waals surface area contributed by atoms with Gasteiger partial charge in [-0.1, -0.05) is 15.9 Å². The molecular formula is C18H25BrN2O2S. The van der Waals surface area contributed by atoms with Crippen molar-refractivity contribution in [3.63, 3.8) is 0 Å². The summed E-state index contributed by atoms with van der Waals surface area (Å²) in [5, 5.41) is 2.85. The molecule has 24 heavy (non-hydrogen) atoms. The zero-order valence-electron chi connectivity index (χ0n) is 14.4. The molecule has 0 aliphatic carbocycles. The number of piperidine rings is 1. The molecule has 1 atom stereocenters. The Morgan fingerprint density at radius 1 is 1.17 bits per heavy atom. The molecule has 0 saturated carbocycles. The van der Waals surface area contributed by atoms with Gasteiger partial charge in [0.2, 0.25) is 11.8 Å². The lowest BCUT2D eigenvalue weighted by atomic mass is 9.95. The Morgan fingerprint density at radius 2 is 1.75 bits per heavy atom. The van der Waals surface area contributed by atoms with Gasteiger partial charge in [-0.3, -0.25) is 9.59 Å². The van der Waals surface area contributed by atoms with E-state index in [0.29, 0.717) is 13.1 Å². The fourth-order valence-corrected chi connectivity index (χ4v) is 4.00. The van der Waals surface area contributed by atoms with Gasteiger partial charge in [0.15, 0.2) is 0 Å². The number of rotatable bonds is 5. The SMILES string of the molecule is CC(C)NC(=O)C1CCN(C(=O)C(C)Sc2ccc(Br)cc2)CC1. The maximum Gasteiger partial charge on any atom is 0.235 e. The van der Waals surface area contributed by atoms with Crippen molar-refractivity contribution in [3.05, 3.63) is 28.7 Å². The molecule has 1 N–H and O–H groups in total. The van der Waals surface area contributed by atoms with Gasteiger partial charge in [0.1, 0.15) is 0 Å². The molecule has 4 nitrogen and oxygen atoms in total. The third-order valence-electron chi connectivity index (χ3n) is 4.08. The highest BCUT2D eigenvalue weighted by atomic mass is 79.9. The van der Waals surface area contributed by atoms with Crippen molar-refractivity contribution >= 4 is 39.5 Å². The molecule has 1 aliphatic heterocycles. The number of thioether (sulfide) groups is 1. The fourth-order valence-electron chi connectivity index (χ4n) is 2.79. The first-order valence-electron chi connectivity index (χ1n) is 8.38. The highest BCUT2D eigenvalue weighted by Crippen LogP contribution is 2.27. The summed E-state index contributed by atoms with van der Waals surface area (Å²) in [6.45, 7) is 7.22. The third-order valence-corrected chi connectivity index (χ3v) is 5.71. The second-order valence-corrected chi connectivity index (χ2v) is 8.81. The summed E-state index contributed by atoms with van der Waals surface area (Å²) >= 11 is 5.00. The fraction of sp³-hybridized carbons (Fsp3) is 0.556. The quantitative estimate of drug-likeness (QED) is 0.749. The van der Waals surface area contributed by atoms with Gasteiger partial charge in [-0.25, -0.2) is 0 Å². The minimum absolute atomic E-state index is 0.0332. The lowest BCUT2D eigenvalue weighted by Gasteiger charge is -2.33. The minimum atomic E-state index is -0.118. The van der Waals surface area contributed by atoms with Gasteiger partial charge in [0, 0.05) is 34.4 Å². The average Bonchev–Trinajstić information content (AvgIpc) is 2.55. The van der Waals surface area contributed by atoms with Crippen LogP contribution in [0.25, 0.3) is 0 Å². The summed E-state index contributed by atoms with van der Waals surface area (Å²) in [5.74, 6) is 0.311. The van der Waals surface area contributed by atoms with E-state index < -0.39 is 0 Å². The first kappa shape index (κ1) is 19.3. The van der Waals surface area contributed by atoms with E-state index in [1.54, 1.807) is 11.8 Å². The molecule has 132 valence electrons. The van der Waals surface area contributed by atoms with Crippen molar-refractivity contribution in [1.29, 1.82) is 0 Å². The summed E-state index contributed by atoms with van der Waals surface area (Å²) in [6.07, 6.45) is 1.50. The number of benzene rings is 1. The van der Waals surface area contributed by atoms with E-state index in [-0.39, 0.29) is 29.0 Å². The second-order valence-electron chi connectivity index (χ2n) is 6.48. The number of carbonyl (C=O) groups is 2. The molecule has 2 rings (SSSR count). The third kappa shape index (κ3) is 5.52. The first-order valence-corrected chi connectivity index (χ1v) is 10.1. The molecule has 1 aromatic rings. The van der Waals surface area contributed by atoms with Crippen LogP contribution in [0.3, 0.4) is 0 Å². The number of halogens is 1. The maximum atomic E-state index is 12.6. The van der Waals surface area contributed by atoms with Gasteiger partial charge in [0.25, 0.3) is 0 Å². The van der Waals surface area contributed by atoms with Crippen LogP contribution in [0, 0.1) is 5.92 Å². The van der Waals surface area contributed by atoms with Crippen molar-refractivity contribution in [2.45, 2.75) is 49.8 Å². The van der Waals surface area contributed by atoms with Crippen LogP contribution in [0.15, 0.2) is 33.6 Å². The number of nitrogens with one attached hydrogen (secondary N) is 1. The molecular weight excluding hydrogens is 388 g/mol. The van der Waals surface area contributed by atoms with Crippen molar-refractivity contribution in [1.82, 2.24) is 10.2 Å². The summed E-state index contributed by atoms with van der Waals surface area (Å²) in [7, 11) is 0. The van der Waals surface area contributed by atoms with Crippen LogP contribution in [0.2, 0.25) is 0 Å². The van der Waals surface area contributed by atoms with E-state index >= 15 is 0 Å². The van der Waals surface area contributed by atoms with Crippen LogP contribution in [0.4, 0.5) is 0 Å². The predicted octanol–water partition coefficient (Wildman–Crippen LogP) is 3.69. The minimum Gasteiger partial charge on any atom is -0.354 e. The number of hydrogen-bond acceptors (Lipinski definition) is 3. The van der Waals surface area contributed by atoms with E-state index in [0.717, 1.165) is 22.2 Å². The molecule has 0 spiro atoms. The van der Waals surface area contributed by atoms with Crippen molar-refractivity contribution in [3.8, 4) is 0 Å². The number of carbonyl (C=O) groups excluding carboxylic acids is 2. The van der Waals surface area contributed by atoms with Crippen LogP contribution in [0.1, 0.15) is 33.6 Å². The molecule has 1 aromatic carbocycles. The van der Waals surface area contributed by atoms with Gasteiger partial charge < -0.3 is 10.2 Å². The normalized spacial score (nSPS) is 17.0. The summed E-state index contributed by atoms with van der Waals surface area (Å²) in [6, 6.07) is 8.16. The largest absolute Gasteiger partial charge is 0.354 e. The number of likely N-dealkylation sites (tertiary alicyclic amines) is 1. The Labute approximate surface area is 156 Å². The van der Waals surface area contributed by atoms with Gasteiger partial charge in [-0.05, 0) is 57.9 Å². The standard InChI is InChI=1S/C18H25BrN2O2S/c1-12(2)20-17(22)14-8-10-21(11-9-14)18(23)13(3)24-16-6-4-15(19)5-7-16/h4-7,12-14H,8-11H2,1-3H3,(H,20,22). The van der Waals surface area contributed by atoms with Crippen molar-refractivity contribution in [2.24, 2.45) is 5.92 Å². The Hall–Kier alpha value is -1.01. The number of nitrogens with zero attached hydrogens (tertiary/aromatic N) is 1. The first-order chi connectivity index (χ1) is 11.4. The zero-order valence-corrected chi connectivity index (χ0v) is 16.8. The Bertz CT molecular complexity index is 569. The molecule has 2 amide bonds. The van der Waals surface area contributed by atoms with Gasteiger partial charge >= 0.3 is 0 Å². The summed E-state index contributed by atoms with van der Waals surface area (Å²) < 4.78 is 1.03. The van der Waals surface area contributed by atoms with Crippen LogP contribution >= 0.6 is 27.7 Å². The van der Waals surface area contributed by atoms with Gasteiger partial charge in [-0.2, -0.15) is 0 Å². The molecule has 6 heteroatoms. The summed E-state index contributed by atoms with van der Waals surface area (Å²) in [5.41, 5.74) is 0. The molecule has 0 aromatic heterocycles. The lowest BCUT2D eigenvalue weighted by molar-refractivity contribution is -0.135. The van der Waals surface area contributed by atoms with E-state index in [1.807, 2.05) is 49.9 Å². The average molecular weight is 413 g/mol. The Morgan fingerprint density at radius 3 is 2.29 bits per heavy atom. The zero-order chi connectivity index (χ0) is 17.7. The second kappa shape index (κ2) is 8.90. The molecule has 1 unspecified atom stereocenters. The van der Waals surface area contributed by atoms with E-state index in [9.17, 15) is 9.59 Å². The van der Waals surface area contributed by atoms with Gasteiger partial charge in [-0.15, -0.1) is 11.8 Å². The molecule has 1 saturated heterocycles.